The first-order valence-corrected chi connectivity index (χ1v) is 5.52. The predicted octanol–water partition coefficient (Wildman–Crippen LogP) is 3.70. The predicted molar refractivity (Wildman–Crippen MR) is 64.5 cm³/mol. The van der Waals surface area contributed by atoms with E-state index in [2.05, 4.69) is 26.8 Å². The summed E-state index contributed by atoms with van der Waals surface area (Å²) >= 11 is 0. The molecule has 1 heterocycles. The Morgan fingerprint density at radius 3 is 1.69 bits per heavy atom. The van der Waals surface area contributed by atoms with E-state index >= 15 is 0 Å². The van der Waals surface area contributed by atoms with Gasteiger partial charge in [0.15, 0.2) is 5.54 Å². The number of nitrogens with zero attached hydrogens (tertiary/aromatic N) is 1. The molecule has 2 nitrogen and oxygen atoms in total. The minimum atomic E-state index is -0.441. The second-order valence-electron chi connectivity index (χ2n) is 5.36. The van der Waals surface area contributed by atoms with Crippen molar-refractivity contribution in [2.24, 2.45) is 0 Å². The average Bonchev–Trinajstić information content (AvgIpc) is 2.31. The Bertz CT molecular complexity index is 235. The first-order valence-electron chi connectivity index (χ1n) is 5.52. The summed E-state index contributed by atoms with van der Waals surface area (Å²) in [6, 6.07) is 0. The molecule has 0 aromatic rings. The summed E-state index contributed by atoms with van der Waals surface area (Å²) in [5.74, 6) is 1.50. The summed E-state index contributed by atoms with van der Waals surface area (Å²) in [4.78, 5) is 11.4. The van der Waals surface area contributed by atoms with Crippen LogP contribution in [0.5, 0.6) is 0 Å². The third-order valence-corrected chi connectivity index (χ3v) is 2.52. The monoisotopic (exact) mass is 299 g/mol. The summed E-state index contributed by atoms with van der Waals surface area (Å²) in [6.45, 7) is 14.0. The van der Waals surface area contributed by atoms with Crippen LogP contribution in [0.15, 0.2) is 6.08 Å². The maximum absolute atomic E-state index is 11.4. The van der Waals surface area contributed by atoms with Gasteiger partial charge >= 0.3 is 0 Å². The third-order valence-electron chi connectivity index (χ3n) is 2.52. The summed E-state index contributed by atoms with van der Waals surface area (Å²) in [6.07, 6.45) is 6.08. The van der Waals surface area contributed by atoms with Gasteiger partial charge in [0.25, 0.3) is 0 Å². The molecule has 1 rings (SSSR count). The minimum absolute atomic E-state index is 0. The molecule has 0 amide bonds. The molecule has 0 bridgehead atoms. The van der Waals surface area contributed by atoms with Crippen molar-refractivity contribution in [3.05, 3.63) is 23.0 Å². The molecular weight excluding hydrogens is 275 g/mol. The maximum Gasteiger partial charge on any atom is 0.189 e. The van der Waals surface area contributed by atoms with E-state index in [4.69, 9.17) is 0 Å². The van der Waals surface area contributed by atoms with Crippen molar-refractivity contribution in [2.45, 2.75) is 66.0 Å². The Balaban J connectivity index is 0. The fourth-order valence-electron chi connectivity index (χ4n) is 1.19. The van der Waals surface area contributed by atoms with Crippen LogP contribution in [0.3, 0.4) is 0 Å². The first-order chi connectivity index (χ1) is 6.63. The number of rotatable bonds is 1. The molecule has 0 aromatic carbocycles. The van der Waals surface area contributed by atoms with Gasteiger partial charge in [-0.1, -0.05) is 6.92 Å². The number of nitroso groups, excluding NO2 is 1. The maximum atomic E-state index is 11.4. The zero-order valence-corrected chi connectivity index (χ0v) is 14.6. The molecule has 91 valence electrons. The molecule has 0 spiro atoms. The summed E-state index contributed by atoms with van der Waals surface area (Å²) in [5, 5.41) is 0. The first kappa shape index (κ1) is 18.8. The fourth-order valence-corrected chi connectivity index (χ4v) is 1.19. The summed E-state index contributed by atoms with van der Waals surface area (Å²) < 4.78 is 1.07. The molecule has 16 heavy (non-hydrogen) atoms. The van der Waals surface area contributed by atoms with Gasteiger partial charge in [-0.05, 0) is 18.6 Å². The SMILES string of the molecule is CC1(C)[C-]=CC(C)(C)[N+]1=O.CC[C-](C)C.[Y]. The van der Waals surface area contributed by atoms with Crippen molar-refractivity contribution in [3.8, 4) is 0 Å². The van der Waals surface area contributed by atoms with Crippen LogP contribution in [0.4, 0.5) is 0 Å². The molecule has 0 N–H and O–H groups in total. The van der Waals surface area contributed by atoms with Crippen molar-refractivity contribution in [1.29, 1.82) is 0 Å². The van der Waals surface area contributed by atoms with E-state index < -0.39 is 5.54 Å². The van der Waals surface area contributed by atoms with Gasteiger partial charge in [-0.2, -0.15) is 26.3 Å². The topological polar surface area (TPSA) is 20.1 Å². The number of hydrogen-bond acceptors (Lipinski definition) is 1. The molecule has 0 aromatic heterocycles. The molecule has 0 unspecified atom stereocenters. The zero-order valence-electron chi connectivity index (χ0n) is 11.7. The van der Waals surface area contributed by atoms with Gasteiger partial charge in [-0.3, -0.25) is 0 Å². The molecule has 0 aliphatic carbocycles. The second-order valence-corrected chi connectivity index (χ2v) is 5.36. The van der Waals surface area contributed by atoms with Gasteiger partial charge in [0.05, 0.1) is 5.54 Å². The van der Waals surface area contributed by atoms with Crippen LogP contribution >= 0.6 is 0 Å². The van der Waals surface area contributed by atoms with Gasteiger partial charge in [0.2, 0.25) is 0 Å². The van der Waals surface area contributed by atoms with Crippen LogP contribution < -0.4 is 0 Å². The Labute approximate surface area is 126 Å². The molecule has 0 fully saturated rings. The van der Waals surface area contributed by atoms with Gasteiger partial charge < -0.3 is 12.0 Å². The Hall–Kier alpha value is 0.444. The van der Waals surface area contributed by atoms with Crippen molar-refractivity contribution in [1.82, 2.24) is 0 Å². The standard InChI is InChI=1S/C8H13NO.C5H11.Y/c1-7(2)5-6-8(3,4)9(7)10;1-4-5(2)3;/h5H,1-4H3;4H2,1-3H3;/q;-1;. The third kappa shape index (κ3) is 5.68. The average molecular weight is 299 g/mol. The van der Waals surface area contributed by atoms with Crippen LogP contribution in [0.1, 0.15) is 54.9 Å². The van der Waals surface area contributed by atoms with E-state index in [0.717, 1.165) is 4.76 Å². The molecular formula is C13H24NOY-. The number of hydrogen-bond donors (Lipinski definition) is 0. The minimum Gasteiger partial charge on any atom is -0.414 e. The van der Waals surface area contributed by atoms with E-state index in [1.807, 2.05) is 33.8 Å². The molecule has 3 heteroatoms. The van der Waals surface area contributed by atoms with Crippen LogP contribution in [0.25, 0.3) is 0 Å². The smallest absolute Gasteiger partial charge is 0.189 e. The van der Waals surface area contributed by atoms with E-state index in [0.29, 0.717) is 0 Å². The normalized spacial score (nSPS) is 20.1. The van der Waals surface area contributed by atoms with Gasteiger partial charge in [0.1, 0.15) is 0 Å². The molecule has 1 radical (unpaired) electrons. The molecule has 1 aliphatic rings. The van der Waals surface area contributed by atoms with Crippen molar-refractivity contribution < 1.29 is 37.5 Å². The fraction of sp³-hybridized carbons (Fsp3) is 0.769. The summed E-state index contributed by atoms with van der Waals surface area (Å²) in [5.41, 5.74) is -0.812. The molecule has 0 atom stereocenters. The van der Waals surface area contributed by atoms with Gasteiger partial charge in [-0.15, -0.1) is 0 Å². The zero-order chi connectivity index (χ0) is 12.3. The van der Waals surface area contributed by atoms with Crippen molar-refractivity contribution in [2.75, 3.05) is 0 Å². The van der Waals surface area contributed by atoms with Crippen LogP contribution in [-0.2, 0) is 32.7 Å². The Morgan fingerprint density at radius 2 is 1.62 bits per heavy atom. The van der Waals surface area contributed by atoms with Crippen LogP contribution in [0, 0.1) is 16.9 Å². The molecule has 0 saturated heterocycles. The quantitative estimate of drug-likeness (QED) is 0.534. The van der Waals surface area contributed by atoms with Crippen LogP contribution in [0.2, 0.25) is 0 Å². The van der Waals surface area contributed by atoms with E-state index in [9.17, 15) is 4.91 Å². The second kappa shape index (κ2) is 7.01. The van der Waals surface area contributed by atoms with Crippen molar-refractivity contribution in [3.63, 3.8) is 0 Å². The van der Waals surface area contributed by atoms with E-state index in [1.54, 1.807) is 0 Å². The van der Waals surface area contributed by atoms with Crippen LogP contribution in [-0.4, -0.2) is 15.8 Å². The Morgan fingerprint density at radius 1 is 1.25 bits per heavy atom. The summed E-state index contributed by atoms with van der Waals surface area (Å²) in [7, 11) is 0. The van der Waals surface area contributed by atoms with Gasteiger partial charge in [-0.25, -0.2) is 0 Å². The molecule has 0 saturated carbocycles. The van der Waals surface area contributed by atoms with Crippen molar-refractivity contribution >= 4 is 0 Å². The Kier molecular flexibility index (Phi) is 8.23. The van der Waals surface area contributed by atoms with E-state index in [-0.39, 0.29) is 38.2 Å². The molecule has 1 aliphatic heterocycles. The largest absolute Gasteiger partial charge is 0.414 e. The van der Waals surface area contributed by atoms with E-state index in [1.165, 1.54) is 12.3 Å². The van der Waals surface area contributed by atoms with Gasteiger partial charge in [0, 0.05) is 51.5 Å².